The van der Waals surface area contributed by atoms with Crippen molar-refractivity contribution in [2.75, 3.05) is 18.0 Å². The van der Waals surface area contributed by atoms with Crippen LogP contribution in [0.25, 0.3) is 10.2 Å². The maximum absolute atomic E-state index is 11.8. The lowest BCUT2D eigenvalue weighted by Crippen LogP contribution is -2.48. The number of fused-ring (bicyclic) bond motifs is 1. The molecule has 1 saturated heterocycles. The van der Waals surface area contributed by atoms with Crippen LogP contribution in [0.15, 0.2) is 17.8 Å². The largest absolute Gasteiger partial charge is 0.481 e. The van der Waals surface area contributed by atoms with Crippen LogP contribution < -0.4 is 4.90 Å². The van der Waals surface area contributed by atoms with Crippen LogP contribution in [-0.4, -0.2) is 34.1 Å². The van der Waals surface area contributed by atoms with Gasteiger partial charge >= 0.3 is 5.97 Å². The van der Waals surface area contributed by atoms with Crippen molar-refractivity contribution in [1.82, 2.24) is 9.97 Å². The first-order chi connectivity index (χ1) is 10.2. The third-order valence-electron chi connectivity index (χ3n) is 4.28. The number of thiophene rings is 1. The van der Waals surface area contributed by atoms with Crippen LogP contribution in [0.3, 0.4) is 0 Å². The fraction of sp³-hybridized carbons (Fsp3) is 0.533. The molecule has 1 aliphatic rings. The lowest BCUT2D eigenvalue weighted by Gasteiger charge is -2.40. The molecule has 0 spiro atoms. The molecule has 3 heterocycles. The molecule has 0 saturated carbocycles. The number of hydrogen-bond donors (Lipinski definition) is 1. The van der Waals surface area contributed by atoms with Gasteiger partial charge in [0.1, 0.15) is 12.1 Å². The highest BCUT2D eigenvalue weighted by molar-refractivity contribution is 7.17. The number of piperidine rings is 1. The summed E-state index contributed by atoms with van der Waals surface area (Å²) in [5.41, 5.74) is 0.300. The van der Waals surface area contributed by atoms with Crippen LogP contribution in [0.4, 0.5) is 5.82 Å². The Hall–Kier alpha value is -1.69. The van der Waals surface area contributed by atoms with E-state index in [1.165, 1.54) is 0 Å². The molecule has 5 nitrogen and oxygen atoms in total. The minimum Gasteiger partial charge on any atom is -0.481 e. The van der Waals surface area contributed by atoms with Crippen molar-refractivity contribution in [2.45, 2.75) is 32.6 Å². The highest BCUT2D eigenvalue weighted by atomic mass is 32.1. The third kappa shape index (κ3) is 2.48. The molecule has 1 unspecified atom stereocenters. The number of aliphatic carboxylic acids is 1. The molecule has 112 valence electrons. The topological polar surface area (TPSA) is 66.3 Å². The second kappa shape index (κ2) is 5.60. The Balaban J connectivity index is 1.95. The second-order valence-electron chi connectivity index (χ2n) is 5.69. The molecule has 3 rings (SSSR count). The van der Waals surface area contributed by atoms with Gasteiger partial charge in [-0.3, -0.25) is 4.79 Å². The summed E-state index contributed by atoms with van der Waals surface area (Å²) < 4.78 is 1.05. The van der Waals surface area contributed by atoms with E-state index < -0.39 is 11.4 Å². The van der Waals surface area contributed by atoms with Gasteiger partial charge in [0.15, 0.2) is 0 Å². The molecule has 6 heteroatoms. The number of hydrogen-bond acceptors (Lipinski definition) is 5. The zero-order valence-electron chi connectivity index (χ0n) is 12.1. The normalized spacial score (nSPS) is 22.6. The zero-order chi connectivity index (χ0) is 14.9. The summed E-state index contributed by atoms with van der Waals surface area (Å²) >= 11 is 1.62. The monoisotopic (exact) mass is 305 g/mol. The first kappa shape index (κ1) is 14.3. The van der Waals surface area contributed by atoms with Crippen molar-refractivity contribution in [3.63, 3.8) is 0 Å². The second-order valence-corrected chi connectivity index (χ2v) is 6.61. The molecule has 0 aliphatic carbocycles. The average Bonchev–Trinajstić information content (AvgIpc) is 2.96. The van der Waals surface area contributed by atoms with E-state index in [0.29, 0.717) is 6.54 Å². The van der Waals surface area contributed by atoms with Crippen LogP contribution in [0.2, 0.25) is 0 Å². The Labute approximate surface area is 127 Å². The SMILES string of the molecule is CCCC1(C(=O)O)CCCN(c2ncnc3ccsc23)C1. The van der Waals surface area contributed by atoms with E-state index in [2.05, 4.69) is 14.9 Å². The van der Waals surface area contributed by atoms with E-state index in [1.54, 1.807) is 17.7 Å². The summed E-state index contributed by atoms with van der Waals surface area (Å²) in [5, 5.41) is 11.7. The predicted octanol–water partition coefficient (Wildman–Crippen LogP) is 3.16. The average molecular weight is 305 g/mol. The molecule has 1 aliphatic heterocycles. The minimum absolute atomic E-state index is 0.542. The maximum atomic E-state index is 11.8. The van der Waals surface area contributed by atoms with Gasteiger partial charge in [-0.15, -0.1) is 11.3 Å². The molecule has 21 heavy (non-hydrogen) atoms. The van der Waals surface area contributed by atoms with Crippen molar-refractivity contribution in [3.05, 3.63) is 17.8 Å². The first-order valence-corrected chi connectivity index (χ1v) is 8.21. The quantitative estimate of drug-likeness (QED) is 0.940. The summed E-state index contributed by atoms with van der Waals surface area (Å²) in [6, 6.07) is 1.98. The first-order valence-electron chi connectivity index (χ1n) is 7.33. The van der Waals surface area contributed by atoms with Gasteiger partial charge in [0.25, 0.3) is 0 Å². The highest BCUT2D eigenvalue weighted by Gasteiger charge is 2.42. The number of carbonyl (C=O) groups is 1. The van der Waals surface area contributed by atoms with E-state index in [0.717, 1.165) is 48.3 Å². The van der Waals surface area contributed by atoms with Crippen molar-refractivity contribution in [3.8, 4) is 0 Å². The summed E-state index contributed by atoms with van der Waals surface area (Å²) in [5.74, 6) is 0.210. The molecule has 0 aromatic carbocycles. The van der Waals surface area contributed by atoms with Gasteiger partial charge in [-0.1, -0.05) is 13.3 Å². The van der Waals surface area contributed by atoms with Crippen LogP contribution in [0.1, 0.15) is 32.6 Å². The lowest BCUT2D eigenvalue weighted by molar-refractivity contribution is -0.150. The van der Waals surface area contributed by atoms with Crippen molar-refractivity contribution >= 4 is 33.3 Å². The Morgan fingerprint density at radius 1 is 1.52 bits per heavy atom. The van der Waals surface area contributed by atoms with Crippen LogP contribution in [0, 0.1) is 5.41 Å². The van der Waals surface area contributed by atoms with E-state index in [-0.39, 0.29) is 0 Å². The molecule has 1 atom stereocenters. The van der Waals surface area contributed by atoms with Crippen LogP contribution in [0.5, 0.6) is 0 Å². The molecule has 1 N–H and O–H groups in total. The molecule has 0 bridgehead atoms. The summed E-state index contributed by atoms with van der Waals surface area (Å²) in [6.45, 7) is 3.45. The zero-order valence-corrected chi connectivity index (χ0v) is 12.9. The van der Waals surface area contributed by atoms with E-state index >= 15 is 0 Å². The van der Waals surface area contributed by atoms with Crippen molar-refractivity contribution in [2.24, 2.45) is 5.41 Å². The molecule has 0 amide bonds. The number of anilines is 1. The van der Waals surface area contributed by atoms with E-state index in [4.69, 9.17) is 0 Å². The van der Waals surface area contributed by atoms with Gasteiger partial charge in [-0.2, -0.15) is 0 Å². The highest BCUT2D eigenvalue weighted by Crippen LogP contribution is 2.38. The van der Waals surface area contributed by atoms with E-state index in [1.807, 2.05) is 18.4 Å². The van der Waals surface area contributed by atoms with Gasteiger partial charge in [-0.25, -0.2) is 9.97 Å². The van der Waals surface area contributed by atoms with Gasteiger partial charge < -0.3 is 10.0 Å². The molecular weight excluding hydrogens is 286 g/mol. The Morgan fingerprint density at radius 2 is 2.38 bits per heavy atom. The number of carboxylic acids is 1. The van der Waals surface area contributed by atoms with Crippen molar-refractivity contribution in [1.29, 1.82) is 0 Å². The number of carboxylic acid groups (broad SMARTS) is 1. The van der Waals surface area contributed by atoms with Crippen LogP contribution >= 0.6 is 11.3 Å². The van der Waals surface area contributed by atoms with Gasteiger partial charge in [-0.05, 0) is 30.7 Å². The Bertz CT molecular complexity index is 653. The molecular formula is C15H19N3O2S. The molecule has 1 fully saturated rings. The smallest absolute Gasteiger partial charge is 0.311 e. The maximum Gasteiger partial charge on any atom is 0.311 e. The summed E-state index contributed by atoms with van der Waals surface area (Å²) in [6.07, 6.45) is 4.82. The number of aromatic nitrogens is 2. The van der Waals surface area contributed by atoms with Gasteiger partial charge in [0.2, 0.25) is 0 Å². The fourth-order valence-electron chi connectivity index (χ4n) is 3.28. The minimum atomic E-state index is -0.675. The van der Waals surface area contributed by atoms with Gasteiger partial charge in [0, 0.05) is 13.1 Å². The number of nitrogens with zero attached hydrogens (tertiary/aromatic N) is 3. The van der Waals surface area contributed by atoms with Crippen LogP contribution in [-0.2, 0) is 4.79 Å². The summed E-state index contributed by atoms with van der Waals surface area (Å²) in [7, 11) is 0. The van der Waals surface area contributed by atoms with Crippen molar-refractivity contribution < 1.29 is 9.90 Å². The van der Waals surface area contributed by atoms with E-state index in [9.17, 15) is 9.90 Å². The fourth-order valence-corrected chi connectivity index (χ4v) is 4.14. The third-order valence-corrected chi connectivity index (χ3v) is 5.18. The molecule has 2 aromatic rings. The Morgan fingerprint density at radius 3 is 3.14 bits per heavy atom. The van der Waals surface area contributed by atoms with Gasteiger partial charge in [0.05, 0.1) is 15.6 Å². The standard InChI is InChI=1S/C15H19N3O2S/c1-2-5-15(14(19)20)6-3-7-18(9-15)13-12-11(4-8-21-12)16-10-17-13/h4,8,10H,2-3,5-7,9H2,1H3,(H,19,20). The molecule has 0 radical (unpaired) electrons. The summed E-state index contributed by atoms with van der Waals surface area (Å²) in [4.78, 5) is 22.6. The lowest BCUT2D eigenvalue weighted by atomic mass is 9.76. The molecule has 2 aromatic heterocycles. The Kier molecular flexibility index (Phi) is 3.80. The predicted molar refractivity (Wildman–Crippen MR) is 83.8 cm³/mol. The number of rotatable bonds is 4.